The van der Waals surface area contributed by atoms with Crippen LogP contribution < -0.4 is 20.7 Å². The Labute approximate surface area is 323 Å². The first-order chi connectivity index (χ1) is 24.6. The van der Waals surface area contributed by atoms with E-state index in [1.165, 1.54) is 5.56 Å². The van der Waals surface area contributed by atoms with Crippen LogP contribution in [-0.4, -0.2) is 17.2 Å². The third kappa shape index (κ3) is 8.91. The van der Waals surface area contributed by atoms with E-state index in [9.17, 15) is 4.57 Å². The molecule has 265 valence electrons. The summed E-state index contributed by atoms with van der Waals surface area (Å²) in [5.74, 6) is 1.07. The number of hydrogen-bond acceptors (Lipinski definition) is 4. The summed E-state index contributed by atoms with van der Waals surface area (Å²) in [6, 6.07) is 59.3. The molecular weight excluding hydrogens is 842 g/mol. The molecule has 4 nitrogen and oxygen atoms in total. The average Bonchev–Trinajstić information content (AvgIpc) is 3.18. The Balaban J connectivity index is 0.000000586. The maximum Gasteiger partial charge on any atom is 0.171 e. The summed E-state index contributed by atoms with van der Waals surface area (Å²) in [6.07, 6.45) is 0. The third-order valence-corrected chi connectivity index (χ3v) is 11.7. The third-order valence-electron chi connectivity index (χ3n) is 8.64. The van der Waals surface area contributed by atoms with Gasteiger partial charge in [0.05, 0.1) is 7.11 Å². The maximum absolute atomic E-state index is 14.9. The van der Waals surface area contributed by atoms with Crippen LogP contribution in [0.2, 0.25) is 0 Å². The molecule has 0 amide bonds. The number of methoxy groups -OCH3 is 1. The summed E-state index contributed by atoms with van der Waals surface area (Å²) >= 11 is 0. The predicted molar refractivity (Wildman–Crippen MR) is 211 cm³/mol. The van der Waals surface area contributed by atoms with Crippen molar-refractivity contribution in [3.63, 3.8) is 0 Å². The molecule has 0 aliphatic carbocycles. The fourth-order valence-electron chi connectivity index (χ4n) is 5.74. The zero-order valence-electron chi connectivity index (χ0n) is 29.5. The SMILES string of the molecule is COc1c[c-]c(-c2cc(-c3ccc(P(=O)(c4ccccc4)c4ccccc4)cc3)cc(-c3[c-]cc(C(C)(C)C)cc3)n2)cc1.Oc1ccccc1.[Au]. The van der Waals surface area contributed by atoms with Crippen LogP contribution in [0.3, 0.4) is 0 Å². The number of pyridine rings is 1. The van der Waals surface area contributed by atoms with Gasteiger partial charge in [0.2, 0.25) is 0 Å². The molecule has 7 rings (SSSR count). The number of ether oxygens (including phenoxy) is 1. The largest absolute Gasteiger partial charge is 0.540 e. The van der Waals surface area contributed by atoms with Gasteiger partial charge >= 0.3 is 0 Å². The summed E-state index contributed by atoms with van der Waals surface area (Å²) in [7, 11) is -1.42. The monoisotopic (exact) mass is 882 g/mol. The Hall–Kier alpha value is -4.96. The molecule has 52 heavy (non-hydrogen) atoms. The Morgan fingerprint density at radius 2 is 1.08 bits per heavy atom. The van der Waals surface area contributed by atoms with Gasteiger partial charge in [-0.1, -0.05) is 136 Å². The minimum atomic E-state index is -3.06. The zero-order chi connectivity index (χ0) is 35.8. The second-order valence-corrected chi connectivity index (χ2v) is 15.9. The second-order valence-electron chi connectivity index (χ2n) is 13.2. The number of para-hydroxylation sites is 1. The number of phenolic OH excluding ortho intramolecular Hbond substituents is 1. The van der Waals surface area contributed by atoms with Crippen molar-refractivity contribution in [1.29, 1.82) is 0 Å². The van der Waals surface area contributed by atoms with Crippen LogP contribution in [0.15, 0.2) is 164 Å². The van der Waals surface area contributed by atoms with Crippen LogP contribution in [-0.2, 0) is 32.4 Å². The number of aromatic hydroxyl groups is 1. The normalized spacial score (nSPS) is 11.1. The summed E-state index contributed by atoms with van der Waals surface area (Å²) in [5.41, 5.74) is 6.68. The van der Waals surface area contributed by atoms with Crippen molar-refractivity contribution in [2.75, 3.05) is 7.11 Å². The van der Waals surface area contributed by atoms with Gasteiger partial charge in [0.15, 0.2) is 7.14 Å². The molecule has 1 aromatic heterocycles. The zero-order valence-corrected chi connectivity index (χ0v) is 32.6. The molecule has 0 aliphatic heterocycles. The maximum atomic E-state index is 14.9. The molecule has 1 heterocycles. The molecule has 0 saturated carbocycles. The molecule has 0 unspecified atom stereocenters. The molecule has 1 radical (unpaired) electrons. The number of phenols is 1. The minimum Gasteiger partial charge on any atom is -0.540 e. The van der Waals surface area contributed by atoms with Crippen LogP contribution in [0.25, 0.3) is 33.6 Å². The Morgan fingerprint density at radius 1 is 0.596 bits per heavy atom. The standard InChI is InChI=1S/C40H34NO2P.C6H6O.Au/c1-40(2,3)33-21-15-30(16-22-33)38-27-32(28-39(41-38)31-17-23-34(43-4)24-18-31)29-19-25-37(26-20-29)44(42,35-11-7-5-8-12-35)36-13-9-6-10-14-36;7-6-4-2-1-3-5-6;/h5-15,17,19-28H,1-4H3;1-5,7H;/q-2;;. The fraction of sp³-hybridized carbons (Fsp3) is 0.109. The van der Waals surface area contributed by atoms with E-state index in [1.54, 1.807) is 31.4 Å². The van der Waals surface area contributed by atoms with Gasteiger partial charge in [-0.15, -0.1) is 65.2 Å². The molecule has 0 spiro atoms. The summed E-state index contributed by atoms with van der Waals surface area (Å²) < 4.78 is 20.2. The first kappa shape index (κ1) is 38.3. The van der Waals surface area contributed by atoms with Crippen LogP contribution in [0, 0.1) is 12.1 Å². The van der Waals surface area contributed by atoms with Crippen LogP contribution in [0.1, 0.15) is 26.3 Å². The summed E-state index contributed by atoms with van der Waals surface area (Å²) in [6.45, 7) is 6.60. The molecule has 0 saturated heterocycles. The molecule has 7 aromatic rings. The molecule has 0 bridgehead atoms. The fourth-order valence-corrected chi connectivity index (χ4v) is 8.38. The number of aromatic nitrogens is 1. The van der Waals surface area contributed by atoms with E-state index in [1.807, 2.05) is 97.1 Å². The Morgan fingerprint density at radius 3 is 1.48 bits per heavy atom. The van der Waals surface area contributed by atoms with Crippen LogP contribution in [0.5, 0.6) is 11.5 Å². The molecular formula is C46H40AuNO3P-2. The molecule has 1 N–H and O–H groups in total. The number of benzene rings is 6. The predicted octanol–water partition coefficient (Wildman–Crippen LogP) is 10.0. The van der Waals surface area contributed by atoms with Gasteiger partial charge < -0.3 is 19.4 Å². The molecule has 0 aliphatic rings. The summed E-state index contributed by atoms with van der Waals surface area (Å²) in [5, 5.41) is 11.1. The van der Waals surface area contributed by atoms with Crippen molar-refractivity contribution >= 4 is 23.1 Å². The van der Waals surface area contributed by atoms with Crippen molar-refractivity contribution < 1.29 is 36.8 Å². The second kappa shape index (κ2) is 17.0. The van der Waals surface area contributed by atoms with E-state index in [4.69, 9.17) is 14.8 Å². The first-order valence-corrected chi connectivity index (χ1v) is 18.5. The molecule has 6 heteroatoms. The van der Waals surface area contributed by atoms with Gasteiger partial charge in [0.25, 0.3) is 0 Å². The number of rotatable bonds is 7. The van der Waals surface area contributed by atoms with Crippen LogP contribution in [0.4, 0.5) is 0 Å². The topological polar surface area (TPSA) is 59.4 Å². The van der Waals surface area contributed by atoms with E-state index in [2.05, 4.69) is 75.4 Å². The molecule has 0 fully saturated rings. The van der Waals surface area contributed by atoms with Crippen molar-refractivity contribution in [1.82, 2.24) is 4.98 Å². The minimum absolute atomic E-state index is 0. The smallest absolute Gasteiger partial charge is 0.171 e. The van der Waals surface area contributed by atoms with Gasteiger partial charge in [0.1, 0.15) is 5.75 Å². The number of nitrogens with zero attached hydrogens (tertiary/aromatic N) is 1. The van der Waals surface area contributed by atoms with Gasteiger partial charge in [-0.25, -0.2) is 0 Å². The van der Waals surface area contributed by atoms with E-state index >= 15 is 0 Å². The Kier molecular flexibility index (Phi) is 12.5. The quantitative estimate of drug-likeness (QED) is 0.0985. The van der Waals surface area contributed by atoms with Crippen molar-refractivity contribution in [3.05, 3.63) is 181 Å². The van der Waals surface area contributed by atoms with Gasteiger partial charge in [0, 0.05) is 44.0 Å². The van der Waals surface area contributed by atoms with Gasteiger partial charge in [-0.05, 0) is 40.1 Å². The van der Waals surface area contributed by atoms with E-state index in [0.29, 0.717) is 5.75 Å². The Bertz CT molecular complexity index is 2170. The van der Waals surface area contributed by atoms with Crippen LogP contribution >= 0.6 is 7.14 Å². The van der Waals surface area contributed by atoms with E-state index < -0.39 is 7.14 Å². The van der Waals surface area contributed by atoms with Gasteiger partial charge in [-0.2, -0.15) is 0 Å². The van der Waals surface area contributed by atoms with Gasteiger partial charge in [-0.3, -0.25) is 0 Å². The van der Waals surface area contributed by atoms with Crippen molar-refractivity contribution in [3.8, 4) is 45.1 Å². The first-order valence-electron chi connectivity index (χ1n) is 16.8. The molecule has 0 atom stereocenters. The van der Waals surface area contributed by atoms with E-state index in [0.717, 1.165) is 55.3 Å². The average molecular weight is 883 g/mol. The van der Waals surface area contributed by atoms with E-state index in [-0.39, 0.29) is 27.8 Å². The van der Waals surface area contributed by atoms with Crippen molar-refractivity contribution in [2.45, 2.75) is 26.2 Å². The molecule has 6 aromatic carbocycles. The summed E-state index contributed by atoms with van der Waals surface area (Å²) in [4.78, 5) is 5.04. The number of hydrogen-bond donors (Lipinski definition) is 1. The van der Waals surface area contributed by atoms with Crippen molar-refractivity contribution in [2.24, 2.45) is 0 Å².